The monoisotopic (exact) mass is 484 g/mol. The zero-order chi connectivity index (χ0) is 23.6. The molecule has 1 aromatic heterocycles. The maximum absolute atomic E-state index is 12.9. The first-order valence-electron chi connectivity index (χ1n) is 10.0. The fourth-order valence-electron chi connectivity index (χ4n) is 3.58. The van der Waals surface area contributed by atoms with Crippen molar-refractivity contribution in [3.63, 3.8) is 0 Å². The number of aliphatic carboxylic acids is 1. The Morgan fingerprint density at radius 2 is 1.70 bits per heavy atom. The predicted octanol–water partition coefficient (Wildman–Crippen LogP) is 4.47. The molecule has 0 saturated carbocycles. The molecule has 1 unspecified atom stereocenters. The maximum atomic E-state index is 12.9. The van der Waals surface area contributed by atoms with Crippen molar-refractivity contribution >= 4 is 38.5 Å². The molecule has 9 heteroatoms. The minimum atomic E-state index is -4.07. The van der Waals surface area contributed by atoms with Crippen LogP contribution in [0.15, 0.2) is 77.8 Å². The molecule has 0 radical (unpaired) electrons. The Labute approximate surface area is 196 Å². The first-order valence-corrected chi connectivity index (χ1v) is 11.9. The van der Waals surface area contributed by atoms with E-state index in [4.69, 9.17) is 16.3 Å². The van der Waals surface area contributed by atoms with Crippen molar-refractivity contribution in [2.45, 2.75) is 17.4 Å². The highest BCUT2D eigenvalue weighted by Crippen LogP contribution is 2.26. The molecule has 4 rings (SSSR count). The molecule has 7 nitrogen and oxygen atoms in total. The SMILES string of the molecule is COc1ccc2[nH]cc(CC(NS(=O)(=O)c3ccc(-c4ccc(Cl)cc4)cc3)C(=O)O)c2c1. The van der Waals surface area contributed by atoms with E-state index in [0.717, 1.165) is 22.0 Å². The van der Waals surface area contributed by atoms with Gasteiger partial charge in [-0.05, 0) is 59.2 Å². The topological polar surface area (TPSA) is 108 Å². The number of ether oxygens (including phenoxy) is 1. The second-order valence-corrected chi connectivity index (χ2v) is 9.62. The number of H-pyrrole nitrogens is 1. The summed E-state index contributed by atoms with van der Waals surface area (Å²) in [6.45, 7) is 0. The van der Waals surface area contributed by atoms with Gasteiger partial charge in [0.15, 0.2) is 0 Å². The molecule has 1 atom stereocenters. The van der Waals surface area contributed by atoms with E-state index in [1.54, 1.807) is 49.7 Å². The number of halogens is 1. The van der Waals surface area contributed by atoms with Crippen LogP contribution in [-0.2, 0) is 21.2 Å². The van der Waals surface area contributed by atoms with Crippen LogP contribution < -0.4 is 9.46 Å². The molecule has 3 N–H and O–H groups in total. The average molecular weight is 485 g/mol. The average Bonchev–Trinajstić information content (AvgIpc) is 3.21. The molecular formula is C24H21ClN2O5S. The number of carboxylic acids is 1. The van der Waals surface area contributed by atoms with E-state index in [-0.39, 0.29) is 11.3 Å². The summed E-state index contributed by atoms with van der Waals surface area (Å²) in [4.78, 5) is 14.9. The third kappa shape index (κ3) is 5.03. The molecule has 33 heavy (non-hydrogen) atoms. The number of rotatable bonds is 8. The summed E-state index contributed by atoms with van der Waals surface area (Å²) >= 11 is 5.91. The van der Waals surface area contributed by atoms with E-state index in [1.807, 2.05) is 18.2 Å². The Kier molecular flexibility index (Phi) is 6.42. The number of carboxylic acid groups (broad SMARTS) is 1. The molecule has 170 valence electrons. The van der Waals surface area contributed by atoms with Gasteiger partial charge >= 0.3 is 5.97 Å². The second kappa shape index (κ2) is 9.27. The Hall–Kier alpha value is -3.33. The first kappa shape index (κ1) is 22.8. The molecule has 0 fully saturated rings. The van der Waals surface area contributed by atoms with Crippen molar-refractivity contribution in [2.75, 3.05) is 7.11 Å². The van der Waals surface area contributed by atoms with Crippen LogP contribution in [0.2, 0.25) is 5.02 Å². The third-order valence-electron chi connectivity index (χ3n) is 5.34. The summed E-state index contributed by atoms with van der Waals surface area (Å²) in [6, 6.07) is 17.4. The number of fused-ring (bicyclic) bond motifs is 1. The molecule has 0 saturated heterocycles. The Balaban J connectivity index is 1.56. The van der Waals surface area contributed by atoms with E-state index in [2.05, 4.69) is 9.71 Å². The number of carbonyl (C=O) groups is 1. The van der Waals surface area contributed by atoms with Gasteiger partial charge in [0, 0.05) is 28.5 Å². The smallest absolute Gasteiger partial charge is 0.322 e. The zero-order valence-corrected chi connectivity index (χ0v) is 19.2. The Morgan fingerprint density at radius 3 is 2.30 bits per heavy atom. The summed E-state index contributed by atoms with van der Waals surface area (Å²) in [5.41, 5.74) is 3.16. The van der Waals surface area contributed by atoms with Gasteiger partial charge < -0.3 is 14.8 Å². The fourth-order valence-corrected chi connectivity index (χ4v) is 4.89. The lowest BCUT2D eigenvalue weighted by atomic mass is 10.1. The van der Waals surface area contributed by atoms with Crippen LogP contribution in [0.3, 0.4) is 0 Å². The molecule has 0 spiro atoms. The van der Waals surface area contributed by atoms with Crippen molar-refractivity contribution in [3.05, 3.63) is 83.5 Å². The molecule has 0 aliphatic carbocycles. The first-order chi connectivity index (χ1) is 15.8. The number of nitrogens with one attached hydrogen (secondary N) is 2. The van der Waals surface area contributed by atoms with Gasteiger partial charge in [-0.1, -0.05) is 35.9 Å². The van der Waals surface area contributed by atoms with Gasteiger partial charge in [0.25, 0.3) is 0 Å². The van der Waals surface area contributed by atoms with Crippen molar-refractivity contribution in [2.24, 2.45) is 0 Å². The van der Waals surface area contributed by atoms with Gasteiger partial charge in [-0.3, -0.25) is 4.79 Å². The zero-order valence-electron chi connectivity index (χ0n) is 17.6. The number of hydrogen-bond acceptors (Lipinski definition) is 4. The molecule has 0 amide bonds. The summed E-state index contributed by atoms with van der Waals surface area (Å²) in [6.07, 6.45) is 1.64. The van der Waals surface area contributed by atoms with Crippen LogP contribution in [0.5, 0.6) is 5.75 Å². The van der Waals surface area contributed by atoms with Crippen LogP contribution in [-0.4, -0.2) is 37.6 Å². The van der Waals surface area contributed by atoms with Crippen LogP contribution in [0.25, 0.3) is 22.0 Å². The van der Waals surface area contributed by atoms with Crippen molar-refractivity contribution in [3.8, 4) is 16.9 Å². The van der Waals surface area contributed by atoms with Gasteiger partial charge in [0.1, 0.15) is 11.8 Å². The lowest BCUT2D eigenvalue weighted by Gasteiger charge is -2.15. The number of hydrogen-bond donors (Lipinski definition) is 3. The minimum absolute atomic E-state index is 0.0212. The number of aromatic amines is 1. The van der Waals surface area contributed by atoms with Crippen molar-refractivity contribution in [1.29, 1.82) is 0 Å². The van der Waals surface area contributed by atoms with Crippen molar-refractivity contribution in [1.82, 2.24) is 9.71 Å². The number of sulfonamides is 1. The highest BCUT2D eigenvalue weighted by Gasteiger charge is 2.26. The quantitative estimate of drug-likeness (QED) is 0.342. The minimum Gasteiger partial charge on any atom is -0.497 e. The number of aromatic nitrogens is 1. The highest BCUT2D eigenvalue weighted by atomic mass is 35.5. The number of benzene rings is 3. The Bertz CT molecular complexity index is 1400. The molecule has 4 aromatic rings. The molecule has 0 aliphatic heterocycles. The Morgan fingerprint density at radius 1 is 1.06 bits per heavy atom. The van der Waals surface area contributed by atoms with Gasteiger partial charge in [0.05, 0.1) is 12.0 Å². The standard InChI is InChI=1S/C24H21ClN2O5S/c1-32-19-8-11-22-21(13-19)17(14-26-22)12-23(24(28)29)27-33(30,31)20-9-4-16(5-10-20)15-2-6-18(25)7-3-15/h2-11,13-14,23,26-27H,12H2,1H3,(H,28,29). The lowest BCUT2D eigenvalue weighted by molar-refractivity contribution is -0.138. The molecule has 3 aromatic carbocycles. The van der Waals surface area contributed by atoms with Gasteiger partial charge in [-0.25, -0.2) is 8.42 Å². The molecule has 0 bridgehead atoms. The van der Waals surface area contributed by atoms with Crippen LogP contribution in [0.4, 0.5) is 0 Å². The molecular weight excluding hydrogens is 464 g/mol. The van der Waals surface area contributed by atoms with E-state index in [0.29, 0.717) is 16.3 Å². The molecule has 0 aliphatic rings. The summed E-state index contributed by atoms with van der Waals surface area (Å²) in [7, 11) is -2.52. The van der Waals surface area contributed by atoms with E-state index in [1.165, 1.54) is 12.1 Å². The van der Waals surface area contributed by atoms with Gasteiger partial charge in [-0.15, -0.1) is 0 Å². The van der Waals surface area contributed by atoms with Crippen LogP contribution >= 0.6 is 11.6 Å². The summed E-state index contributed by atoms with van der Waals surface area (Å²) in [5.74, 6) is -0.648. The largest absolute Gasteiger partial charge is 0.497 e. The van der Waals surface area contributed by atoms with E-state index in [9.17, 15) is 18.3 Å². The summed E-state index contributed by atoms with van der Waals surface area (Å²) < 4.78 is 33.4. The van der Waals surface area contributed by atoms with E-state index < -0.39 is 22.0 Å². The second-order valence-electron chi connectivity index (χ2n) is 7.47. The summed E-state index contributed by atoms with van der Waals surface area (Å²) in [5, 5.41) is 11.1. The van der Waals surface area contributed by atoms with Gasteiger partial charge in [-0.2, -0.15) is 4.72 Å². The fraction of sp³-hybridized carbons (Fsp3) is 0.125. The van der Waals surface area contributed by atoms with Crippen molar-refractivity contribution < 1.29 is 23.1 Å². The van der Waals surface area contributed by atoms with Crippen LogP contribution in [0, 0.1) is 0 Å². The van der Waals surface area contributed by atoms with Gasteiger partial charge in [0.2, 0.25) is 10.0 Å². The normalized spacial score (nSPS) is 12.5. The lowest BCUT2D eigenvalue weighted by Crippen LogP contribution is -2.42. The third-order valence-corrected chi connectivity index (χ3v) is 7.08. The van der Waals surface area contributed by atoms with E-state index >= 15 is 0 Å². The predicted molar refractivity (Wildman–Crippen MR) is 127 cm³/mol. The van der Waals surface area contributed by atoms with Crippen LogP contribution in [0.1, 0.15) is 5.56 Å². The maximum Gasteiger partial charge on any atom is 0.322 e. The highest BCUT2D eigenvalue weighted by molar-refractivity contribution is 7.89. The number of methoxy groups -OCH3 is 1. The molecule has 1 heterocycles.